The molecule has 0 aliphatic carbocycles. The minimum atomic E-state index is 0.634. The van der Waals surface area contributed by atoms with Gasteiger partial charge in [-0.05, 0) is 0 Å². The van der Waals surface area contributed by atoms with Gasteiger partial charge < -0.3 is 5.73 Å². The van der Waals surface area contributed by atoms with E-state index in [0.717, 1.165) is 0 Å². The molecule has 2 N–H and O–H groups in total. The Morgan fingerprint density at radius 3 is 2.62 bits per heavy atom. The summed E-state index contributed by atoms with van der Waals surface area (Å²) in [5, 5.41) is 4.52. The van der Waals surface area contributed by atoms with Crippen molar-refractivity contribution in [1.82, 2.24) is 9.78 Å². The van der Waals surface area contributed by atoms with E-state index in [2.05, 4.69) is 17.7 Å². The van der Waals surface area contributed by atoms with Gasteiger partial charge in [0.1, 0.15) is 10.8 Å². The smallest absolute Gasteiger partial charge is 0.122 e. The first-order chi connectivity index (χ1) is 3.70. The van der Waals surface area contributed by atoms with Crippen molar-refractivity contribution in [2.24, 2.45) is 7.05 Å². The molecule has 0 radical (unpaired) electrons. The highest BCUT2D eigenvalue weighted by atomic mass is 32.1. The van der Waals surface area contributed by atoms with Gasteiger partial charge in [-0.1, -0.05) is 0 Å². The molecule has 0 atom stereocenters. The van der Waals surface area contributed by atoms with Crippen LogP contribution in [0.3, 0.4) is 0 Å². The molecule has 0 amide bonds. The standard InChI is InChI=1S/C4H7N3S/c1-7-3(5)2-4(8)6-7/h2H,5H2,1H3,(H,6,8). The first kappa shape index (κ1) is 5.50. The molecule has 0 aliphatic rings. The van der Waals surface area contributed by atoms with Gasteiger partial charge in [-0.2, -0.15) is 5.10 Å². The molecule has 0 saturated heterocycles. The summed E-state index contributed by atoms with van der Waals surface area (Å²) in [6.07, 6.45) is 0. The summed E-state index contributed by atoms with van der Waals surface area (Å²) in [5.41, 5.74) is 5.39. The number of anilines is 1. The van der Waals surface area contributed by atoms with Gasteiger partial charge in [0.2, 0.25) is 0 Å². The molecule has 1 heterocycles. The van der Waals surface area contributed by atoms with E-state index in [-0.39, 0.29) is 0 Å². The van der Waals surface area contributed by atoms with Crippen molar-refractivity contribution in [2.45, 2.75) is 5.03 Å². The van der Waals surface area contributed by atoms with E-state index in [0.29, 0.717) is 10.8 Å². The highest BCUT2D eigenvalue weighted by Gasteiger charge is 1.93. The summed E-state index contributed by atoms with van der Waals surface area (Å²) < 4.78 is 1.57. The third-order valence-electron chi connectivity index (χ3n) is 0.903. The molecule has 8 heavy (non-hydrogen) atoms. The number of aryl methyl sites for hydroxylation is 1. The molecular formula is C4H7N3S. The first-order valence-corrected chi connectivity index (χ1v) is 2.63. The number of nitrogens with two attached hydrogens (primary N) is 1. The van der Waals surface area contributed by atoms with Crippen molar-refractivity contribution in [1.29, 1.82) is 0 Å². The van der Waals surface area contributed by atoms with Crippen LogP contribution >= 0.6 is 12.6 Å². The van der Waals surface area contributed by atoms with Crippen LogP contribution in [0, 0.1) is 0 Å². The molecule has 3 nitrogen and oxygen atoms in total. The summed E-state index contributed by atoms with van der Waals surface area (Å²) in [5.74, 6) is 0.634. The lowest BCUT2D eigenvalue weighted by Crippen LogP contribution is -1.96. The summed E-state index contributed by atoms with van der Waals surface area (Å²) in [6.45, 7) is 0. The summed E-state index contributed by atoms with van der Waals surface area (Å²) in [4.78, 5) is 0. The zero-order valence-electron chi connectivity index (χ0n) is 4.50. The molecular weight excluding hydrogens is 122 g/mol. The fourth-order valence-corrected chi connectivity index (χ4v) is 0.732. The maximum Gasteiger partial charge on any atom is 0.122 e. The largest absolute Gasteiger partial charge is 0.384 e. The minimum absolute atomic E-state index is 0.634. The molecule has 4 heteroatoms. The fraction of sp³-hybridized carbons (Fsp3) is 0.250. The van der Waals surface area contributed by atoms with Crippen molar-refractivity contribution in [3.63, 3.8) is 0 Å². The highest BCUT2D eigenvalue weighted by molar-refractivity contribution is 7.80. The zero-order valence-corrected chi connectivity index (χ0v) is 5.39. The van der Waals surface area contributed by atoms with Gasteiger partial charge in [0, 0.05) is 13.1 Å². The summed E-state index contributed by atoms with van der Waals surface area (Å²) >= 11 is 3.96. The predicted molar refractivity (Wildman–Crippen MR) is 34.9 cm³/mol. The van der Waals surface area contributed by atoms with E-state index in [9.17, 15) is 0 Å². The Kier molecular flexibility index (Phi) is 1.17. The number of hydrogen-bond acceptors (Lipinski definition) is 3. The van der Waals surface area contributed by atoms with Crippen LogP contribution in [-0.4, -0.2) is 9.78 Å². The highest BCUT2D eigenvalue weighted by Crippen LogP contribution is 2.06. The molecule has 1 aromatic rings. The number of hydrogen-bond donors (Lipinski definition) is 2. The Morgan fingerprint density at radius 2 is 2.50 bits per heavy atom. The third kappa shape index (κ3) is 0.790. The van der Waals surface area contributed by atoms with Crippen molar-refractivity contribution in [2.75, 3.05) is 5.73 Å². The number of nitrogen functional groups attached to an aromatic ring is 1. The molecule has 0 saturated carbocycles. The average Bonchev–Trinajstić information content (AvgIpc) is 1.85. The van der Waals surface area contributed by atoms with Gasteiger partial charge in [0.25, 0.3) is 0 Å². The van der Waals surface area contributed by atoms with Crippen LogP contribution < -0.4 is 5.73 Å². The van der Waals surface area contributed by atoms with Gasteiger partial charge in [-0.25, -0.2) is 0 Å². The van der Waals surface area contributed by atoms with Crippen LogP contribution in [-0.2, 0) is 7.05 Å². The second-order valence-corrected chi connectivity index (χ2v) is 2.01. The molecule has 0 bridgehead atoms. The SMILES string of the molecule is Cn1nc(S)cc1N. The third-order valence-corrected chi connectivity index (χ3v) is 1.12. The van der Waals surface area contributed by atoms with E-state index < -0.39 is 0 Å². The van der Waals surface area contributed by atoms with Crippen molar-refractivity contribution >= 4 is 18.4 Å². The van der Waals surface area contributed by atoms with Gasteiger partial charge in [-0.3, -0.25) is 4.68 Å². The summed E-state index contributed by atoms with van der Waals surface area (Å²) in [6, 6.07) is 1.70. The molecule has 44 valence electrons. The molecule has 0 unspecified atom stereocenters. The lowest BCUT2D eigenvalue weighted by Gasteiger charge is -1.87. The van der Waals surface area contributed by atoms with E-state index in [1.165, 1.54) is 0 Å². The number of nitrogens with zero attached hydrogens (tertiary/aromatic N) is 2. The van der Waals surface area contributed by atoms with Crippen LogP contribution in [0.1, 0.15) is 0 Å². The van der Waals surface area contributed by atoms with Gasteiger partial charge in [-0.15, -0.1) is 12.6 Å². The van der Waals surface area contributed by atoms with Crippen LogP contribution in [0.15, 0.2) is 11.1 Å². The second kappa shape index (κ2) is 1.70. The Hall–Kier alpha value is -0.640. The molecule has 0 aliphatic heterocycles. The average molecular weight is 129 g/mol. The Bertz CT molecular complexity index is 174. The number of thiol groups is 1. The summed E-state index contributed by atoms with van der Waals surface area (Å²) in [7, 11) is 1.77. The molecule has 1 rings (SSSR count). The Morgan fingerprint density at radius 1 is 1.88 bits per heavy atom. The second-order valence-electron chi connectivity index (χ2n) is 1.55. The lowest BCUT2D eigenvalue weighted by atomic mass is 10.7. The molecule has 0 fully saturated rings. The predicted octanol–water partition coefficient (Wildman–Crippen LogP) is 0.291. The van der Waals surface area contributed by atoms with E-state index >= 15 is 0 Å². The first-order valence-electron chi connectivity index (χ1n) is 2.18. The monoisotopic (exact) mass is 129 g/mol. The van der Waals surface area contributed by atoms with Gasteiger partial charge >= 0.3 is 0 Å². The van der Waals surface area contributed by atoms with Crippen molar-refractivity contribution in [3.8, 4) is 0 Å². The van der Waals surface area contributed by atoms with Crippen LogP contribution in [0.2, 0.25) is 0 Å². The normalized spacial score (nSPS) is 9.75. The molecule has 0 spiro atoms. The number of rotatable bonds is 0. The quantitative estimate of drug-likeness (QED) is 0.494. The fourth-order valence-electron chi connectivity index (χ4n) is 0.466. The van der Waals surface area contributed by atoms with Crippen LogP contribution in [0.5, 0.6) is 0 Å². The van der Waals surface area contributed by atoms with Gasteiger partial charge in [0.15, 0.2) is 0 Å². The maximum atomic E-state index is 5.39. The van der Waals surface area contributed by atoms with Gasteiger partial charge in [0.05, 0.1) is 0 Å². The Labute approximate surface area is 52.9 Å². The topological polar surface area (TPSA) is 43.8 Å². The van der Waals surface area contributed by atoms with Crippen molar-refractivity contribution in [3.05, 3.63) is 6.07 Å². The van der Waals surface area contributed by atoms with Crippen LogP contribution in [0.4, 0.5) is 5.82 Å². The van der Waals surface area contributed by atoms with Crippen LogP contribution in [0.25, 0.3) is 0 Å². The van der Waals surface area contributed by atoms with Crippen molar-refractivity contribution < 1.29 is 0 Å². The van der Waals surface area contributed by atoms with E-state index in [1.54, 1.807) is 17.8 Å². The maximum absolute atomic E-state index is 5.39. The Balaban J connectivity index is 3.14. The number of aromatic nitrogens is 2. The minimum Gasteiger partial charge on any atom is -0.384 e. The molecule has 0 aromatic carbocycles. The van der Waals surface area contributed by atoms with E-state index in [4.69, 9.17) is 5.73 Å². The zero-order chi connectivity index (χ0) is 6.15. The lowest BCUT2D eigenvalue weighted by molar-refractivity contribution is 0.748. The van der Waals surface area contributed by atoms with E-state index in [1.807, 2.05) is 0 Å². The molecule has 1 aromatic heterocycles.